The highest BCUT2D eigenvalue weighted by Crippen LogP contribution is 2.36. The number of aromatic nitrogens is 1. The maximum absolute atomic E-state index is 13.0. The number of rotatable bonds is 8. The minimum absolute atomic E-state index is 0.111. The Hall–Kier alpha value is -2.93. The summed E-state index contributed by atoms with van der Waals surface area (Å²) in [4.78, 5) is 31.1. The molecule has 0 radical (unpaired) electrons. The Bertz CT molecular complexity index is 810. The molecule has 7 nitrogen and oxygen atoms in total. The van der Waals surface area contributed by atoms with E-state index in [4.69, 9.17) is 9.47 Å². The summed E-state index contributed by atoms with van der Waals surface area (Å²) in [5, 5.41) is 2.83. The van der Waals surface area contributed by atoms with Gasteiger partial charge in [0, 0.05) is 24.9 Å². The van der Waals surface area contributed by atoms with Crippen LogP contribution in [0.5, 0.6) is 5.75 Å². The van der Waals surface area contributed by atoms with Crippen LogP contribution in [0.3, 0.4) is 0 Å². The Morgan fingerprint density at radius 1 is 1.25 bits per heavy atom. The molecule has 0 bridgehead atoms. The number of fused-ring (bicyclic) bond motifs is 1. The predicted octanol–water partition coefficient (Wildman–Crippen LogP) is 2.48. The molecule has 7 heteroatoms. The summed E-state index contributed by atoms with van der Waals surface area (Å²) >= 11 is 0. The van der Waals surface area contributed by atoms with Gasteiger partial charge in [-0.2, -0.15) is 0 Å². The summed E-state index contributed by atoms with van der Waals surface area (Å²) in [6, 6.07) is 12.7. The Morgan fingerprint density at radius 3 is 2.79 bits per heavy atom. The molecule has 1 aromatic carbocycles. The SMILES string of the molecule is CC(C)OCCCNC(=O)CN1C(=O)C(c2ccccc2)Oc2cccnc21. The Labute approximate surface area is 164 Å². The van der Waals surface area contributed by atoms with Crippen LogP contribution in [0.15, 0.2) is 48.7 Å². The van der Waals surface area contributed by atoms with Gasteiger partial charge in [-0.15, -0.1) is 0 Å². The maximum atomic E-state index is 13.0. The minimum Gasteiger partial charge on any atom is -0.472 e. The fraction of sp³-hybridized carbons (Fsp3) is 0.381. The molecule has 0 saturated carbocycles. The van der Waals surface area contributed by atoms with Gasteiger partial charge in [0.25, 0.3) is 5.91 Å². The van der Waals surface area contributed by atoms with Crippen molar-refractivity contribution in [3.63, 3.8) is 0 Å². The van der Waals surface area contributed by atoms with E-state index >= 15 is 0 Å². The first kappa shape index (κ1) is 19.8. The monoisotopic (exact) mass is 383 g/mol. The van der Waals surface area contributed by atoms with Crippen molar-refractivity contribution < 1.29 is 19.1 Å². The van der Waals surface area contributed by atoms with Gasteiger partial charge in [-0.3, -0.25) is 14.5 Å². The normalized spacial score (nSPS) is 15.9. The van der Waals surface area contributed by atoms with E-state index in [-0.39, 0.29) is 24.5 Å². The molecule has 0 fully saturated rings. The molecule has 1 atom stereocenters. The summed E-state index contributed by atoms with van der Waals surface area (Å²) in [6.45, 7) is 4.89. The molecule has 1 unspecified atom stereocenters. The number of hydrogen-bond donors (Lipinski definition) is 1. The second-order valence-corrected chi connectivity index (χ2v) is 6.78. The summed E-state index contributed by atoms with van der Waals surface area (Å²) in [6.07, 6.45) is 1.65. The number of anilines is 1. The maximum Gasteiger partial charge on any atom is 0.274 e. The van der Waals surface area contributed by atoms with Crippen molar-refractivity contribution >= 4 is 17.6 Å². The van der Waals surface area contributed by atoms with Crippen molar-refractivity contribution in [3.8, 4) is 5.75 Å². The van der Waals surface area contributed by atoms with E-state index in [1.54, 1.807) is 18.3 Å². The third-order valence-corrected chi connectivity index (χ3v) is 4.24. The van der Waals surface area contributed by atoms with E-state index in [0.717, 1.165) is 5.56 Å². The molecule has 0 spiro atoms. The van der Waals surface area contributed by atoms with Gasteiger partial charge in [0.2, 0.25) is 12.0 Å². The van der Waals surface area contributed by atoms with E-state index in [0.29, 0.717) is 31.1 Å². The quantitative estimate of drug-likeness (QED) is 0.709. The lowest BCUT2D eigenvalue weighted by atomic mass is 10.1. The number of hydrogen-bond acceptors (Lipinski definition) is 5. The number of nitrogens with one attached hydrogen (secondary N) is 1. The number of amides is 2. The lowest BCUT2D eigenvalue weighted by Crippen LogP contribution is -2.47. The average molecular weight is 383 g/mol. The summed E-state index contributed by atoms with van der Waals surface area (Å²) < 4.78 is 11.3. The van der Waals surface area contributed by atoms with Crippen LogP contribution in [-0.2, 0) is 14.3 Å². The second-order valence-electron chi connectivity index (χ2n) is 6.78. The van der Waals surface area contributed by atoms with Crippen molar-refractivity contribution in [3.05, 3.63) is 54.2 Å². The molecule has 148 valence electrons. The van der Waals surface area contributed by atoms with Gasteiger partial charge in [0.15, 0.2) is 11.6 Å². The number of carbonyl (C=O) groups excluding carboxylic acids is 2. The molecule has 0 saturated heterocycles. The van der Waals surface area contributed by atoms with Gasteiger partial charge in [0.05, 0.1) is 6.10 Å². The van der Waals surface area contributed by atoms with Crippen LogP contribution in [0.1, 0.15) is 31.9 Å². The van der Waals surface area contributed by atoms with Crippen molar-refractivity contribution in [1.82, 2.24) is 10.3 Å². The van der Waals surface area contributed by atoms with Crippen LogP contribution < -0.4 is 15.0 Å². The molecular formula is C21H25N3O4. The fourth-order valence-corrected chi connectivity index (χ4v) is 2.91. The number of benzene rings is 1. The third kappa shape index (κ3) is 4.86. The Balaban J connectivity index is 1.68. The first-order valence-electron chi connectivity index (χ1n) is 9.42. The standard InChI is InChI=1S/C21H25N3O4/c1-15(2)27-13-7-12-22-18(25)14-24-20-17(10-6-11-23-20)28-19(21(24)26)16-8-4-3-5-9-16/h3-6,8-11,15,19H,7,12-14H2,1-2H3,(H,22,25). The minimum atomic E-state index is -0.801. The highest BCUT2D eigenvalue weighted by molar-refractivity contribution is 6.03. The first-order valence-corrected chi connectivity index (χ1v) is 9.42. The van der Waals surface area contributed by atoms with Crippen molar-refractivity contribution in [2.75, 3.05) is 24.6 Å². The fourth-order valence-electron chi connectivity index (χ4n) is 2.91. The zero-order chi connectivity index (χ0) is 19.9. The molecule has 2 aromatic rings. The van der Waals surface area contributed by atoms with Gasteiger partial charge in [-0.25, -0.2) is 4.98 Å². The summed E-state index contributed by atoms with van der Waals surface area (Å²) in [5.74, 6) is 0.283. The van der Waals surface area contributed by atoms with Gasteiger partial charge >= 0.3 is 0 Å². The van der Waals surface area contributed by atoms with Crippen molar-refractivity contribution in [2.24, 2.45) is 0 Å². The van der Waals surface area contributed by atoms with Gasteiger partial charge in [0.1, 0.15) is 6.54 Å². The Kier molecular flexibility index (Phi) is 6.60. The van der Waals surface area contributed by atoms with Crippen molar-refractivity contribution in [2.45, 2.75) is 32.5 Å². The molecule has 28 heavy (non-hydrogen) atoms. The van der Waals surface area contributed by atoms with Crippen LogP contribution in [0.4, 0.5) is 5.82 Å². The zero-order valence-corrected chi connectivity index (χ0v) is 16.1. The number of pyridine rings is 1. The first-order chi connectivity index (χ1) is 13.6. The lowest BCUT2D eigenvalue weighted by molar-refractivity contribution is -0.129. The van der Waals surface area contributed by atoms with Crippen LogP contribution in [0.2, 0.25) is 0 Å². The van der Waals surface area contributed by atoms with Crippen LogP contribution >= 0.6 is 0 Å². The van der Waals surface area contributed by atoms with Gasteiger partial charge < -0.3 is 14.8 Å². The number of nitrogens with zero attached hydrogens (tertiary/aromatic N) is 2. The molecule has 1 aliphatic rings. The Morgan fingerprint density at radius 2 is 2.04 bits per heavy atom. The predicted molar refractivity (Wildman–Crippen MR) is 105 cm³/mol. The molecule has 1 aliphatic heterocycles. The average Bonchev–Trinajstić information content (AvgIpc) is 2.70. The van der Waals surface area contributed by atoms with E-state index < -0.39 is 6.10 Å². The molecule has 3 rings (SSSR count). The molecule has 1 N–H and O–H groups in total. The molecule has 2 amide bonds. The molecular weight excluding hydrogens is 358 g/mol. The third-order valence-electron chi connectivity index (χ3n) is 4.24. The zero-order valence-electron chi connectivity index (χ0n) is 16.1. The van der Waals surface area contributed by atoms with E-state index in [2.05, 4.69) is 10.3 Å². The molecule has 2 heterocycles. The van der Waals surface area contributed by atoms with E-state index in [9.17, 15) is 9.59 Å². The van der Waals surface area contributed by atoms with Crippen LogP contribution in [-0.4, -0.2) is 42.6 Å². The lowest BCUT2D eigenvalue weighted by Gasteiger charge is -2.33. The van der Waals surface area contributed by atoms with Gasteiger partial charge in [-0.1, -0.05) is 30.3 Å². The van der Waals surface area contributed by atoms with Crippen LogP contribution in [0.25, 0.3) is 0 Å². The molecule has 1 aromatic heterocycles. The van der Waals surface area contributed by atoms with E-state index in [1.165, 1.54) is 4.90 Å². The number of carbonyl (C=O) groups is 2. The largest absolute Gasteiger partial charge is 0.472 e. The van der Waals surface area contributed by atoms with E-state index in [1.807, 2.05) is 44.2 Å². The number of ether oxygens (including phenoxy) is 2. The highest BCUT2D eigenvalue weighted by atomic mass is 16.5. The smallest absolute Gasteiger partial charge is 0.274 e. The second kappa shape index (κ2) is 9.32. The summed E-state index contributed by atoms with van der Waals surface area (Å²) in [7, 11) is 0. The van der Waals surface area contributed by atoms with Crippen molar-refractivity contribution in [1.29, 1.82) is 0 Å². The summed E-state index contributed by atoms with van der Waals surface area (Å²) in [5.41, 5.74) is 0.734. The van der Waals surface area contributed by atoms with Crippen LogP contribution in [0, 0.1) is 0 Å². The molecule has 0 aliphatic carbocycles. The highest BCUT2D eigenvalue weighted by Gasteiger charge is 2.37. The topological polar surface area (TPSA) is 80.8 Å². The van der Waals surface area contributed by atoms with Gasteiger partial charge in [-0.05, 0) is 32.4 Å².